The van der Waals surface area contributed by atoms with Gasteiger partial charge in [-0.25, -0.2) is 5.01 Å². The average molecular weight is 438 g/mol. The molecule has 1 aliphatic heterocycles. The number of hydrazine groups is 1. The largest absolute Gasteiger partial charge is 0.469 e. The molecule has 3 rings (SSSR count). The van der Waals surface area contributed by atoms with Crippen LogP contribution < -0.4 is 4.90 Å². The van der Waals surface area contributed by atoms with Crippen molar-refractivity contribution in [3.63, 3.8) is 0 Å². The Kier molecular flexibility index (Phi) is 9.57. The minimum atomic E-state index is -0.151. The van der Waals surface area contributed by atoms with Crippen molar-refractivity contribution in [2.24, 2.45) is 0 Å². The number of anilines is 2. The molecule has 1 saturated heterocycles. The van der Waals surface area contributed by atoms with E-state index in [1.165, 1.54) is 18.5 Å². The Hall–Kier alpha value is -2.86. The molecule has 1 amide bonds. The minimum absolute atomic E-state index is 0.151. The van der Waals surface area contributed by atoms with Crippen molar-refractivity contribution >= 4 is 23.8 Å². The maximum atomic E-state index is 11.7. The molecule has 2 aromatic carbocycles. The van der Waals surface area contributed by atoms with Gasteiger partial charge in [0.1, 0.15) is 0 Å². The van der Waals surface area contributed by atoms with Crippen molar-refractivity contribution in [1.29, 1.82) is 0 Å². The first-order valence-corrected chi connectivity index (χ1v) is 11.7. The quantitative estimate of drug-likeness (QED) is 0.272. The first-order valence-electron chi connectivity index (χ1n) is 11.7. The van der Waals surface area contributed by atoms with E-state index in [0.717, 1.165) is 64.6 Å². The van der Waals surface area contributed by atoms with Crippen LogP contribution in [0.2, 0.25) is 0 Å². The van der Waals surface area contributed by atoms with Crippen LogP contribution >= 0.6 is 0 Å². The first kappa shape index (κ1) is 23.8. The predicted molar refractivity (Wildman–Crippen MR) is 127 cm³/mol. The summed E-state index contributed by atoms with van der Waals surface area (Å²) in [5.74, 6) is -0.151. The Bertz CT molecular complexity index is 768. The van der Waals surface area contributed by atoms with Crippen LogP contribution in [0.15, 0.2) is 60.7 Å². The number of piperidine rings is 1. The highest BCUT2D eigenvalue weighted by Gasteiger charge is 2.28. The van der Waals surface area contributed by atoms with E-state index in [0.29, 0.717) is 12.5 Å². The minimum Gasteiger partial charge on any atom is -0.469 e. The second kappa shape index (κ2) is 12.9. The molecule has 0 bridgehead atoms. The maximum absolute atomic E-state index is 11.7. The number of hydrogen-bond acceptors (Lipinski definition) is 5. The molecule has 32 heavy (non-hydrogen) atoms. The number of rotatable bonds is 12. The molecule has 6 heteroatoms. The van der Waals surface area contributed by atoms with Gasteiger partial charge in [0.2, 0.25) is 6.41 Å². The van der Waals surface area contributed by atoms with Gasteiger partial charge in [-0.2, -0.15) is 0 Å². The summed E-state index contributed by atoms with van der Waals surface area (Å²) < 4.78 is 4.67. The van der Waals surface area contributed by atoms with Crippen LogP contribution in [-0.4, -0.2) is 55.2 Å². The summed E-state index contributed by atoms with van der Waals surface area (Å²) in [4.78, 5) is 25.3. The lowest BCUT2D eigenvalue weighted by atomic mass is 10.0. The zero-order valence-corrected chi connectivity index (χ0v) is 19.1. The van der Waals surface area contributed by atoms with Crippen LogP contribution in [0.25, 0.3) is 0 Å². The number of para-hydroxylation sites is 2. The molecule has 0 radical (unpaired) electrons. The van der Waals surface area contributed by atoms with Gasteiger partial charge in [0, 0.05) is 43.5 Å². The van der Waals surface area contributed by atoms with Gasteiger partial charge in [-0.3, -0.25) is 14.6 Å². The smallest absolute Gasteiger partial charge is 0.305 e. The lowest BCUT2D eigenvalue weighted by molar-refractivity contribution is -0.140. The standard InChI is InChI=1S/C26H35N3O3/c1-32-26(31)16-10-2-3-11-19-28(22-30)27-20-17-25(18-21-27)29(23-12-6-4-7-13-23)24-14-8-5-9-15-24/h4-9,12-15,22,25H,2-3,10-11,16-21H2,1H3. The summed E-state index contributed by atoms with van der Waals surface area (Å²) in [5.41, 5.74) is 2.41. The summed E-state index contributed by atoms with van der Waals surface area (Å²) in [5, 5.41) is 4.03. The fourth-order valence-electron chi connectivity index (χ4n) is 4.37. The number of methoxy groups -OCH3 is 1. The number of ether oxygens (including phenoxy) is 1. The average Bonchev–Trinajstić information content (AvgIpc) is 2.85. The molecule has 1 aliphatic rings. The molecule has 1 fully saturated rings. The molecule has 6 nitrogen and oxygen atoms in total. The van der Waals surface area contributed by atoms with Crippen LogP contribution in [-0.2, 0) is 14.3 Å². The lowest BCUT2D eigenvalue weighted by Crippen LogP contribution is -2.50. The molecule has 0 aliphatic carbocycles. The van der Waals surface area contributed by atoms with Crippen molar-refractivity contribution in [2.45, 2.75) is 51.0 Å². The number of carbonyl (C=O) groups is 2. The highest BCUT2D eigenvalue weighted by molar-refractivity contribution is 5.69. The Morgan fingerprint density at radius 2 is 1.50 bits per heavy atom. The molecule has 2 aromatic rings. The first-order chi connectivity index (χ1) is 15.7. The second-order valence-electron chi connectivity index (χ2n) is 8.23. The molecule has 0 saturated carbocycles. The number of nitrogens with zero attached hydrogens (tertiary/aromatic N) is 3. The van der Waals surface area contributed by atoms with E-state index in [1.54, 1.807) is 0 Å². The molecular formula is C26H35N3O3. The van der Waals surface area contributed by atoms with Crippen molar-refractivity contribution in [3.05, 3.63) is 60.7 Å². The van der Waals surface area contributed by atoms with Gasteiger partial charge in [0.25, 0.3) is 0 Å². The summed E-state index contributed by atoms with van der Waals surface area (Å²) in [7, 11) is 1.42. The topological polar surface area (TPSA) is 53.1 Å². The number of unbranched alkanes of at least 4 members (excludes halogenated alkanes) is 3. The molecule has 0 aromatic heterocycles. The van der Waals surface area contributed by atoms with Gasteiger partial charge >= 0.3 is 5.97 Å². The van der Waals surface area contributed by atoms with Gasteiger partial charge in [-0.1, -0.05) is 49.2 Å². The molecule has 0 spiro atoms. The fourth-order valence-corrected chi connectivity index (χ4v) is 4.37. The lowest BCUT2D eigenvalue weighted by Gasteiger charge is -2.42. The third-order valence-corrected chi connectivity index (χ3v) is 6.11. The summed E-state index contributed by atoms with van der Waals surface area (Å²) in [6, 6.07) is 21.5. The Labute approximate surface area is 191 Å². The third-order valence-electron chi connectivity index (χ3n) is 6.11. The van der Waals surface area contributed by atoms with E-state index in [2.05, 4.69) is 63.2 Å². The van der Waals surface area contributed by atoms with Crippen LogP contribution in [0.1, 0.15) is 44.9 Å². The number of hydrogen-bond donors (Lipinski definition) is 0. The highest BCUT2D eigenvalue weighted by atomic mass is 16.5. The third kappa shape index (κ3) is 6.82. The van der Waals surface area contributed by atoms with Gasteiger partial charge in [-0.15, -0.1) is 0 Å². The van der Waals surface area contributed by atoms with Crippen molar-refractivity contribution < 1.29 is 14.3 Å². The van der Waals surface area contributed by atoms with E-state index in [9.17, 15) is 9.59 Å². The van der Waals surface area contributed by atoms with Crippen molar-refractivity contribution in [3.8, 4) is 0 Å². The van der Waals surface area contributed by atoms with E-state index in [4.69, 9.17) is 0 Å². The molecule has 0 unspecified atom stereocenters. The molecule has 0 atom stereocenters. The second-order valence-corrected chi connectivity index (χ2v) is 8.23. The van der Waals surface area contributed by atoms with Crippen molar-refractivity contribution in [1.82, 2.24) is 10.0 Å². The number of esters is 1. The van der Waals surface area contributed by atoms with Crippen molar-refractivity contribution in [2.75, 3.05) is 31.6 Å². The Balaban J connectivity index is 1.51. The summed E-state index contributed by atoms with van der Waals surface area (Å²) >= 11 is 0. The van der Waals surface area contributed by atoms with E-state index >= 15 is 0 Å². The molecular weight excluding hydrogens is 402 g/mol. The zero-order chi connectivity index (χ0) is 22.6. The monoisotopic (exact) mass is 437 g/mol. The number of benzene rings is 2. The number of carbonyl (C=O) groups excluding carboxylic acids is 2. The summed E-state index contributed by atoms with van der Waals surface area (Å²) in [6.45, 7) is 2.46. The normalized spacial score (nSPS) is 14.7. The molecule has 0 N–H and O–H groups in total. The van der Waals surface area contributed by atoms with E-state index in [1.807, 2.05) is 17.1 Å². The predicted octanol–water partition coefficient (Wildman–Crippen LogP) is 4.79. The van der Waals surface area contributed by atoms with Gasteiger partial charge in [0.15, 0.2) is 0 Å². The maximum Gasteiger partial charge on any atom is 0.305 e. The summed E-state index contributed by atoms with van der Waals surface area (Å²) in [6.07, 6.45) is 7.19. The number of amides is 1. The van der Waals surface area contributed by atoms with Crippen LogP contribution in [0, 0.1) is 0 Å². The van der Waals surface area contributed by atoms with Gasteiger partial charge < -0.3 is 9.64 Å². The zero-order valence-electron chi connectivity index (χ0n) is 19.1. The molecule has 1 heterocycles. The van der Waals surface area contributed by atoms with Crippen LogP contribution in [0.5, 0.6) is 0 Å². The Morgan fingerprint density at radius 1 is 0.938 bits per heavy atom. The highest BCUT2D eigenvalue weighted by Crippen LogP contribution is 2.32. The van der Waals surface area contributed by atoms with Gasteiger partial charge in [0.05, 0.1) is 7.11 Å². The SMILES string of the molecule is COC(=O)CCCCCCN(C=O)N1CCC(N(c2ccccc2)c2ccccc2)CC1. The van der Waals surface area contributed by atoms with E-state index in [-0.39, 0.29) is 5.97 Å². The Morgan fingerprint density at radius 3 is 2.03 bits per heavy atom. The molecule has 172 valence electrons. The fraction of sp³-hybridized carbons (Fsp3) is 0.462. The van der Waals surface area contributed by atoms with Gasteiger partial charge in [-0.05, 0) is 49.9 Å². The van der Waals surface area contributed by atoms with Crippen LogP contribution in [0.3, 0.4) is 0 Å². The van der Waals surface area contributed by atoms with E-state index < -0.39 is 0 Å². The van der Waals surface area contributed by atoms with Crippen LogP contribution in [0.4, 0.5) is 11.4 Å².